The number of thiophene rings is 1. The van der Waals surface area contributed by atoms with E-state index in [1.165, 1.54) is 16.9 Å². The van der Waals surface area contributed by atoms with Crippen LogP contribution in [-0.2, 0) is 15.7 Å². The molecule has 0 unspecified atom stereocenters. The van der Waals surface area contributed by atoms with Crippen molar-refractivity contribution in [1.29, 1.82) is 0 Å². The zero-order valence-electron chi connectivity index (χ0n) is 12.5. The molecule has 19 heavy (non-hydrogen) atoms. The highest BCUT2D eigenvalue weighted by Gasteiger charge is 2.49. The van der Waals surface area contributed by atoms with E-state index in [0.717, 1.165) is 6.42 Å². The zero-order chi connectivity index (χ0) is 14.1. The van der Waals surface area contributed by atoms with E-state index in [4.69, 9.17) is 9.31 Å². The van der Waals surface area contributed by atoms with Gasteiger partial charge in [0.25, 0.3) is 0 Å². The van der Waals surface area contributed by atoms with Crippen LogP contribution >= 0.6 is 11.3 Å². The van der Waals surface area contributed by atoms with Gasteiger partial charge in [0.05, 0.1) is 11.2 Å². The minimum Gasteiger partial charge on any atom is -0.400 e. The Bertz CT molecular complexity index is 446. The third-order valence-electron chi connectivity index (χ3n) is 3.89. The third-order valence-corrected chi connectivity index (χ3v) is 4.90. The summed E-state index contributed by atoms with van der Waals surface area (Å²) < 4.78 is 11.9. The van der Waals surface area contributed by atoms with Crippen molar-refractivity contribution in [2.45, 2.75) is 58.7 Å². The SMILES string of the molecule is CCCc1cc(/C=C/B2OC(C)(C)C(C)(C)O2)cs1. The lowest BCUT2D eigenvalue weighted by molar-refractivity contribution is 0.00578. The summed E-state index contributed by atoms with van der Waals surface area (Å²) in [6.45, 7) is 10.5. The molecule has 2 heterocycles. The summed E-state index contributed by atoms with van der Waals surface area (Å²) in [4.78, 5) is 1.44. The molecule has 4 heteroatoms. The summed E-state index contributed by atoms with van der Waals surface area (Å²) in [6, 6.07) is 2.25. The lowest BCUT2D eigenvalue weighted by atomic mass is 9.89. The third kappa shape index (κ3) is 3.30. The van der Waals surface area contributed by atoms with E-state index < -0.39 is 0 Å². The van der Waals surface area contributed by atoms with Crippen molar-refractivity contribution >= 4 is 24.5 Å². The number of rotatable bonds is 4. The summed E-state index contributed by atoms with van der Waals surface area (Å²) in [7, 11) is -0.250. The zero-order valence-corrected chi connectivity index (χ0v) is 13.3. The van der Waals surface area contributed by atoms with Crippen LogP contribution in [0.15, 0.2) is 17.4 Å². The first-order chi connectivity index (χ1) is 8.84. The van der Waals surface area contributed by atoms with Crippen molar-refractivity contribution in [3.05, 3.63) is 27.9 Å². The van der Waals surface area contributed by atoms with E-state index >= 15 is 0 Å². The number of hydrogen-bond acceptors (Lipinski definition) is 3. The van der Waals surface area contributed by atoms with Crippen molar-refractivity contribution in [1.82, 2.24) is 0 Å². The van der Waals surface area contributed by atoms with E-state index in [0.29, 0.717) is 0 Å². The highest BCUT2D eigenvalue weighted by Crippen LogP contribution is 2.37. The van der Waals surface area contributed by atoms with E-state index in [9.17, 15) is 0 Å². The van der Waals surface area contributed by atoms with Crippen LogP contribution in [0.1, 0.15) is 51.5 Å². The van der Waals surface area contributed by atoms with Gasteiger partial charge in [-0.15, -0.1) is 11.3 Å². The van der Waals surface area contributed by atoms with Crippen LogP contribution in [0.5, 0.6) is 0 Å². The molecule has 1 aromatic heterocycles. The predicted molar refractivity (Wildman–Crippen MR) is 83.4 cm³/mol. The van der Waals surface area contributed by atoms with E-state index in [2.05, 4.69) is 52.1 Å². The normalized spacial score (nSPS) is 21.4. The molecular formula is C15H23BO2S. The summed E-state index contributed by atoms with van der Waals surface area (Å²) in [6.07, 6.45) is 4.45. The van der Waals surface area contributed by atoms with Gasteiger partial charge < -0.3 is 9.31 Å². The van der Waals surface area contributed by atoms with Gasteiger partial charge in [-0.25, -0.2) is 0 Å². The minimum absolute atomic E-state index is 0.250. The molecule has 1 saturated heterocycles. The molecule has 0 aliphatic carbocycles. The lowest BCUT2D eigenvalue weighted by Gasteiger charge is -2.32. The summed E-state index contributed by atoms with van der Waals surface area (Å²) in [5, 5.41) is 2.19. The maximum absolute atomic E-state index is 5.93. The lowest BCUT2D eigenvalue weighted by Crippen LogP contribution is -2.41. The molecule has 0 N–H and O–H groups in total. The van der Waals surface area contributed by atoms with Crippen LogP contribution in [0.2, 0.25) is 0 Å². The second-order valence-corrected chi connectivity index (χ2v) is 7.08. The van der Waals surface area contributed by atoms with E-state index in [-0.39, 0.29) is 18.3 Å². The Morgan fingerprint density at radius 2 is 1.84 bits per heavy atom. The van der Waals surface area contributed by atoms with E-state index in [1.54, 1.807) is 0 Å². The molecule has 0 spiro atoms. The fourth-order valence-corrected chi connectivity index (χ4v) is 2.98. The molecule has 0 amide bonds. The standard InChI is InChI=1S/C15H23BO2S/c1-6-7-13-10-12(11-19-13)8-9-16-17-14(2,3)15(4,5)18-16/h8-11H,6-7H2,1-5H3/b9-8+. The molecule has 0 aromatic carbocycles. The van der Waals surface area contributed by atoms with Gasteiger partial charge in [0.1, 0.15) is 0 Å². The van der Waals surface area contributed by atoms with Crippen molar-refractivity contribution in [3.8, 4) is 0 Å². The van der Waals surface area contributed by atoms with Crippen LogP contribution in [0, 0.1) is 0 Å². The van der Waals surface area contributed by atoms with Crippen LogP contribution in [0.4, 0.5) is 0 Å². The topological polar surface area (TPSA) is 18.5 Å². The van der Waals surface area contributed by atoms with Crippen LogP contribution in [0.25, 0.3) is 6.08 Å². The van der Waals surface area contributed by atoms with Gasteiger partial charge in [0, 0.05) is 4.88 Å². The molecule has 2 rings (SSSR count). The van der Waals surface area contributed by atoms with Gasteiger partial charge in [0.15, 0.2) is 0 Å². The monoisotopic (exact) mass is 278 g/mol. The van der Waals surface area contributed by atoms with Gasteiger partial charge >= 0.3 is 7.12 Å². The van der Waals surface area contributed by atoms with Gasteiger partial charge in [-0.3, -0.25) is 0 Å². The van der Waals surface area contributed by atoms with Crippen molar-refractivity contribution in [3.63, 3.8) is 0 Å². The highest BCUT2D eigenvalue weighted by molar-refractivity contribution is 7.10. The average molecular weight is 278 g/mol. The molecule has 1 aliphatic rings. The summed E-state index contributed by atoms with van der Waals surface area (Å²) in [5.41, 5.74) is 0.719. The van der Waals surface area contributed by atoms with Crippen molar-refractivity contribution in [2.75, 3.05) is 0 Å². The average Bonchev–Trinajstić information content (AvgIpc) is 2.80. The largest absolute Gasteiger partial charge is 0.487 e. The molecule has 0 radical (unpaired) electrons. The van der Waals surface area contributed by atoms with Gasteiger partial charge in [-0.1, -0.05) is 25.4 Å². The first kappa shape index (κ1) is 14.8. The first-order valence-electron chi connectivity index (χ1n) is 6.95. The fraction of sp³-hybridized carbons (Fsp3) is 0.600. The highest BCUT2D eigenvalue weighted by atomic mass is 32.1. The minimum atomic E-state index is -0.260. The van der Waals surface area contributed by atoms with Crippen LogP contribution < -0.4 is 0 Å². The Kier molecular flexibility index (Phi) is 4.24. The van der Waals surface area contributed by atoms with E-state index in [1.807, 2.05) is 17.3 Å². The quantitative estimate of drug-likeness (QED) is 0.762. The van der Waals surface area contributed by atoms with Gasteiger partial charge in [-0.05, 0) is 51.1 Å². The summed E-state index contributed by atoms with van der Waals surface area (Å²) >= 11 is 1.82. The van der Waals surface area contributed by atoms with Crippen molar-refractivity contribution in [2.24, 2.45) is 0 Å². The molecule has 1 fully saturated rings. The van der Waals surface area contributed by atoms with Gasteiger partial charge in [0.2, 0.25) is 0 Å². The molecule has 0 atom stereocenters. The first-order valence-corrected chi connectivity index (χ1v) is 7.83. The fourth-order valence-electron chi connectivity index (χ4n) is 2.02. The second-order valence-electron chi connectivity index (χ2n) is 6.08. The van der Waals surface area contributed by atoms with Crippen LogP contribution in [0.3, 0.4) is 0 Å². The predicted octanol–water partition coefficient (Wildman–Crippen LogP) is 4.35. The summed E-state index contributed by atoms with van der Waals surface area (Å²) in [5.74, 6) is 2.01. The van der Waals surface area contributed by atoms with Crippen molar-refractivity contribution < 1.29 is 9.31 Å². The molecule has 0 saturated carbocycles. The maximum Gasteiger partial charge on any atom is 0.487 e. The Hall–Kier alpha value is -0.575. The Labute approximate surface area is 121 Å². The molecule has 2 nitrogen and oxygen atoms in total. The Morgan fingerprint density at radius 1 is 1.21 bits per heavy atom. The molecule has 104 valence electrons. The van der Waals surface area contributed by atoms with Gasteiger partial charge in [-0.2, -0.15) is 0 Å². The molecule has 1 aromatic rings. The number of hydrogen-bond donors (Lipinski definition) is 0. The Morgan fingerprint density at radius 3 is 2.42 bits per heavy atom. The Balaban J connectivity index is 2.00. The maximum atomic E-state index is 5.93. The smallest absolute Gasteiger partial charge is 0.400 e. The second kappa shape index (κ2) is 5.43. The molecule has 0 bridgehead atoms. The van der Waals surface area contributed by atoms with Crippen LogP contribution in [-0.4, -0.2) is 18.3 Å². The molecule has 1 aliphatic heterocycles. The molecular weight excluding hydrogens is 255 g/mol. The number of aryl methyl sites for hydroxylation is 1.